The van der Waals surface area contributed by atoms with Gasteiger partial charge < -0.3 is 4.74 Å². The molecule has 110 valence electrons. The van der Waals surface area contributed by atoms with Crippen molar-refractivity contribution in [3.05, 3.63) is 59.4 Å². The third-order valence-corrected chi connectivity index (χ3v) is 3.29. The molecule has 0 heterocycles. The van der Waals surface area contributed by atoms with Crippen LogP contribution in [0.5, 0.6) is 11.5 Å². The van der Waals surface area contributed by atoms with Crippen LogP contribution in [-0.2, 0) is 5.41 Å². The first-order chi connectivity index (χ1) is 9.77. The van der Waals surface area contributed by atoms with Crippen LogP contribution in [0.15, 0.2) is 42.5 Å². The molecule has 0 bridgehead atoms. The number of carbonyl (C=O) groups is 1. The van der Waals surface area contributed by atoms with Crippen molar-refractivity contribution in [3.8, 4) is 11.5 Å². The van der Waals surface area contributed by atoms with E-state index in [9.17, 15) is 9.18 Å². The number of Topliss-reactive ketones (excluding diaryl/α,β-unsaturated/α-hetero) is 1. The monoisotopic (exact) mass is 286 g/mol. The van der Waals surface area contributed by atoms with Gasteiger partial charge in [-0.1, -0.05) is 32.9 Å². The highest BCUT2D eigenvalue weighted by Crippen LogP contribution is 2.28. The van der Waals surface area contributed by atoms with Gasteiger partial charge in [0.2, 0.25) is 0 Å². The van der Waals surface area contributed by atoms with Gasteiger partial charge in [-0.25, -0.2) is 4.39 Å². The smallest absolute Gasteiger partial charge is 0.166 e. The molecule has 0 N–H and O–H groups in total. The fraction of sp³-hybridized carbons (Fsp3) is 0.278. The summed E-state index contributed by atoms with van der Waals surface area (Å²) in [6.45, 7) is 7.79. The minimum Gasteiger partial charge on any atom is -0.454 e. The van der Waals surface area contributed by atoms with Crippen molar-refractivity contribution >= 4 is 5.78 Å². The van der Waals surface area contributed by atoms with Gasteiger partial charge in [-0.05, 0) is 48.2 Å². The van der Waals surface area contributed by atoms with Gasteiger partial charge >= 0.3 is 0 Å². The molecule has 0 spiro atoms. The van der Waals surface area contributed by atoms with Crippen LogP contribution < -0.4 is 4.74 Å². The molecule has 2 nitrogen and oxygen atoms in total. The molecule has 0 fully saturated rings. The Morgan fingerprint density at radius 1 is 1.05 bits per heavy atom. The van der Waals surface area contributed by atoms with E-state index in [0.717, 1.165) is 0 Å². The highest BCUT2D eigenvalue weighted by molar-refractivity contribution is 5.94. The third kappa shape index (κ3) is 3.69. The second-order valence-corrected chi connectivity index (χ2v) is 6.08. The van der Waals surface area contributed by atoms with Crippen LogP contribution >= 0.6 is 0 Å². The van der Waals surface area contributed by atoms with Crippen LogP contribution in [-0.4, -0.2) is 5.78 Å². The Hall–Kier alpha value is -2.16. The van der Waals surface area contributed by atoms with Crippen LogP contribution in [0, 0.1) is 5.82 Å². The van der Waals surface area contributed by atoms with Crippen LogP contribution in [0.4, 0.5) is 4.39 Å². The van der Waals surface area contributed by atoms with Gasteiger partial charge in [0.1, 0.15) is 5.75 Å². The molecule has 2 aromatic carbocycles. The molecule has 0 amide bonds. The lowest BCUT2D eigenvalue weighted by Crippen LogP contribution is -2.10. The van der Waals surface area contributed by atoms with E-state index in [1.54, 1.807) is 6.07 Å². The fourth-order valence-corrected chi connectivity index (χ4v) is 1.95. The number of carbonyl (C=O) groups excluding carboxylic acids is 1. The lowest BCUT2D eigenvalue weighted by atomic mass is 9.87. The predicted molar refractivity (Wildman–Crippen MR) is 81.6 cm³/mol. The standard InChI is InChI=1S/C18H19FO2/c1-12(20)13-5-10-17(16(19)11-13)21-15-8-6-14(7-9-15)18(2,3)4/h5-11H,1-4H3. The van der Waals surface area contributed by atoms with E-state index in [1.807, 2.05) is 24.3 Å². The average molecular weight is 286 g/mol. The molecule has 2 rings (SSSR count). The first kappa shape index (κ1) is 15.2. The Labute approximate surface area is 124 Å². The molecule has 0 radical (unpaired) electrons. The molecule has 3 heteroatoms. The van der Waals surface area contributed by atoms with Crippen LogP contribution in [0.3, 0.4) is 0 Å². The maximum absolute atomic E-state index is 13.9. The molecule has 0 unspecified atom stereocenters. The van der Waals surface area contributed by atoms with Crippen molar-refractivity contribution < 1.29 is 13.9 Å². The van der Waals surface area contributed by atoms with E-state index in [0.29, 0.717) is 11.3 Å². The van der Waals surface area contributed by atoms with Crippen molar-refractivity contribution in [2.75, 3.05) is 0 Å². The number of hydrogen-bond acceptors (Lipinski definition) is 2. The predicted octanol–water partition coefficient (Wildman–Crippen LogP) is 5.12. The molecular formula is C18H19FO2. The summed E-state index contributed by atoms with van der Waals surface area (Å²) < 4.78 is 19.4. The fourth-order valence-electron chi connectivity index (χ4n) is 1.95. The third-order valence-electron chi connectivity index (χ3n) is 3.29. The molecule has 0 aliphatic rings. The molecule has 2 aromatic rings. The number of ether oxygens (including phenoxy) is 1. The maximum Gasteiger partial charge on any atom is 0.166 e. The topological polar surface area (TPSA) is 26.3 Å². The van der Waals surface area contributed by atoms with Gasteiger partial charge in [0.25, 0.3) is 0 Å². The van der Waals surface area contributed by atoms with Crippen molar-refractivity contribution in [1.29, 1.82) is 0 Å². The first-order valence-corrected chi connectivity index (χ1v) is 6.86. The van der Waals surface area contributed by atoms with Crippen molar-refractivity contribution in [2.45, 2.75) is 33.1 Å². The molecule has 0 aliphatic heterocycles. The largest absolute Gasteiger partial charge is 0.454 e. The second kappa shape index (κ2) is 5.68. The van der Waals surface area contributed by atoms with Gasteiger partial charge in [-0.15, -0.1) is 0 Å². The summed E-state index contributed by atoms with van der Waals surface area (Å²) in [6.07, 6.45) is 0. The van der Waals surface area contributed by atoms with Crippen molar-refractivity contribution in [2.24, 2.45) is 0 Å². The number of hydrogen-bond donors (Lipinski definition) is 0. The highest BCUT2D eigenvalue weighted by Gasteiger charge is 2.14. The highest BCUT2D eigenvalue weighted by atomic mass is 19.1. The van der Waals surface area contributed by atoms with Gasteiger partial charge in [0.05, 0.1) is 0 Å². The number of halogens is 1. The summed E-state index contributed by atoms with van der Waals surface area (Å²) in [7, 11) is 0. The summed E-state index contributed by atoms with van der Waals surface area (Å²) in [5.41, 5.74) is 1.58. The molecule has 0 aliphatic carbocycles. The Morgan fingerprint density at radius 2 is 1.67 bits per heavy atom. The zero-order valence-corrected chi connectivity index (χ0v) is 12.7. The number of ketones is 1. The van der Waals surface area contributed by atoms with Crippen molar-refractivity contribution in [3.63, 3.8) is 0 Å². The lowest BCUT2D eigenvalue weighted by molar-refractivity contribution is 0.101. The Morgan fingerprint density at radius 3 is 2.14 bits per heavy atom. The first-order valence-electron chi connectivity index (χ1n) is 6.86. The Kier molecular flexibility index (Phi) is 4.12. The Balaban J connectivity index is 2.20. The minimum atomic E-state index is -0.539. The van der Waals surface area contributed by atoms with E-state index in [1.165, 1.54) is 24.6 Å². The summed E-state index contributed by atoms with van der Waals surface area (Å²) in [6, 6.07) is 11.8. The number of benzene rings is 2. The molecule has 0 saturated carbocycles. The van der Waals surface area contributed by atoms with E-state index in [2.05, 4.69) is 20.8 Å². The van der Waals surface area contributed by atoms with Crippen LogP contribution in [0.25, 0.3) is 0 Å². The second-order valence-electron chi connectivity index (χ2n) is 6.08. The van der Waals surface area contributed by atoms with Gasteiger partial charge in [0, 0.05) is 5.56 Å². The maximum atomic E-state index is 13.9. The molecule has 0 saturated heterocycles. The van der Waals surface area contributed by atoms with E-state index in [-0.39, 0.29) is 16.9 Å². The minimum absolute atomic E-state index is 0.0624. The molecule has 0 atom stereocenters. The average Bonchev–Trinajstić information content (AvgIpc) is 2.40. The van der Waals surface area contributed by atoms with Gasteiger partial charge in [0.15, 0.2) is 17.3 Å². The summed E-state index contributed by atoms with van der Waals surface area (Å²) >= 11 is 0. The summed E-state index contributed by atoms with van der Waals surface area (Å²) in [5, 5.41) is 0. The van der Waals surface area contributed by atoms with Gasteiger partial charge in [-0.2, -0.15) is 0 Å². The van der Waals surface area contributed by atoms with Crippen LogP contribution in [0.1, 0.15) is 43.6 Å². The van der Waals surface area contributed by atoms with Crippen LogP contribution in [0.2, 0.25) is 0 Å². The van der Waals surface area contributed by atoms with E-state index >= 15 is 0 Å². The molecule has 21 heavy (non-hydrogen) atoms. The quantitative estimate of drug-likeness (QED) is 0.732. The molecule has 0 aromatic heterocycles. The Bertz CT molecular complexity index is 652. The number of rotatable bonds is 3. The van der Waals surface area contributed by atoms with E-state index in [4.69, 9.17) is 4.74 Å². The lowest BCUT2D eigenvalue weighted by Gasteiger charge is -2.19. The normalized spacial score (nSPS) is 11.3. The van der Waals surface area contributed by atoms with Crippen molar-refractivity contribution in [1.82, 2.24) is 0 Å². The van der Waals surface area contributed by atoms with Gasteiger partial charge in [-0.3, -0.25) is 4.79 Å². The van der Waals surface area contributed by atoms with E-state index < -0.39 is 5.82 Å². The zero-order chi connectivity index (χ0) is 15.6. The SMILES string of the molecule is CC(=O)c1ccc(Oc2ccc(C(C)(C)C)cc2)c(F)c1. The summed E-state index contributed by atoms with van der Waals surface area (Å²) in [5.74, 6) is -0.0291. The zero-order valence-electron chi connectivity index (χ0n) is 12.7. The summed E-state index contributed by atoms with van der Waals surface area (Å²) in [4.78, 5) is 11.2. The molecular weight excluding hydrogens is 267 g/mol.